The van der Waals surface area contributed by atoms with E-state index in [0.29, 0.717) is 25.1 Å². The van der Waals surface area contributed by atoms with E-state index in [4.69, 9.17) is 0 Å². The fraction of sp³-hybridized carbons (Fsp3) is 0.529. The molecule has 2 aromatic rings. The van der Waals surface area contributed by atoms with Crippen LogP contribution in [0.2, 0.25) is 0 Å². The first-order valence-corrected chi connectivity index (χ1v) is 10.5. The molecule has 1 aliphatic heterocycles. The van der Waals surface area contributed by atoms with E-state index in [0.717, 1.165) is 6.42 Å². The molecule has 2 atom stereocenters. The summed E-state index contributed by atoms with van der Waals surface area (Å²) in [6.07, 6.45) is 3.65. The molecule has 1 aromatic carbocycles. The van der Waals surface area contributed by atoms with Crippen LogP contribution in [-0.2, 0) is 14.8 Å². The molecule has 146 valence electrons. The minimum absolute atomic E-state index is 0.0710. The Balaban J connectivity index is 1.73. The van der Waals surface area contributed by atoms with E-state index in [1.54, 1.807) is 12.1 Å². The van der Waals surface area contributed by atoms with Crippen LogP contribution in [0.25, 0.3) is 5.69 Å². The van der Waals surface area contributed by atoms with Crippen molar-refractivity contribution in [2.75, 3.05) is 13.1 Å². The lowest BCUT2D eigenvalue weighted by Gasteiger charge is -2.31. The molecule has 0 bridgehead atoms. The maximum absolute atomic E-state index is 13.0. The number of hydrogen-bond donors (Lipinski definition) is 1. The van der Waals surface area contributed by atoms with Gasteiger partial charge in [0.05, 0.1) is 16.5 Å². The van der Waals surface area contributed by atoms with Crippen molar-refractivity contribution in [3.63, 3.8) is 0 Å². The predicted molar refractivity (Wildman–Crippen MR) is 98.5 cm³/mol. The molecule has 1 fully saturated rings. The van der Waals surface area contributed by atoms with Gasteiger partial charge in [0.2, 0.25) is 15.9 Å². The van der Waals surface area contributed by atoms with E-state index in [-0.39, 0.29) is 29.3 Å². The van der Waals surface area contributed by atoms with E-state index in [9.17, 15) is 13.2 Å². The summed E-state index contributed by atoms with van der Waals surface area (Å²) < 4.78 is 28.8. The third-order valence-corrected chi connectivity index (χ3v) is 6.72. The van der Waals surface area contributed by atoms with E-state index >= 15 is 0 Å². The van der Waals surface area contributed by atoms with Gasteiger partial charge in [-0.2, -0.15) is 4.31 Å². The molecule has 1 amide bonds. The lowest BCUT2D eigenvalue weighted by Crippen LogP contribution is -2.46. The van der Waals surface area contributed by atoms with E-state index < -0.39 is 10.0 Å². The van der Waals surface area contributed by atoms with Crippen LogP contribution in [0.15, 0.2) is 35.5 Å². The molecular formula is C17H24N6O3S. The number of nitrogens with one attached hydrogen (secondary N) is 1. The van der Waals surface area contributed by atoms with E-state index in [1.807, 2.05) is 13.8 Å². The van der Waals surface area contributed by atoms with Crippen molar-refractivity contribution in [2.45, 2.75) is 44.0 Å². The van der Waals surface area contributed by atoms with Gasteiger partial charge in [-0.3, -0.25) is 4.79 Å². The highest BCUT2D eigenvalue weighted by molar-refractivity contribution is 7.89. The molecule has 0 radical (unpaired) electrons. The lowest BCUT2D eigenvalue weighted by molar-refractivity contribution is -0.126. The van der Waals surface area contributed by atoms with Crippen molar-refractivity contribution < 1.29 is 13.2 Å². The number of hydrogen-bond acceptors (Lipinski definition) is 6. The molecular weight excluding hydrogens is 368 g/mol. The second-order valence-corrected chi connectivity index (χ2v) is 8.71. The second kappa shape index (κ2) is 8.13. The molecule has 0 saturated carbocycles. The molecule has 10 heteroatoms. The van der Waals surface area contributed by atoms with Gasteiger partial charge in [0.25, 0.3) is 0 Å². The van der Waals surface area contributed by atoms with Gasteiger partial charge in [-0.05, 0) is 60.9 Å². The maximum atomic E-state index is 13.0. The molecule has 0 aliphatic carbocycles. The van der Waals surface area contributed by atoms with Gasteiger partial charge in [-0.1, -0.05) is 6.92 Å². The molecule has 27 heavy (non-hydrogen) atoms. The summed E-state index contributed by atoms with van der Waals surface area (Å²) in [5.74, 6) is -0.388. The number of carbonyl (C=O) groups is 1. The fourth-order valence-corrected chi connectivity index (χ4v) is 4.56. The number of amides is 1. The molecule has 2 heterocycles. The summed E-state index contributed by atoms with van der Waals surface area (Å²) in [6.45, 7) is 4.58. The lowest BCUT2D eigenvalue weighted by atomic mass is 9.98. The summed E-state index contributed by atoms with van der Waals surface area (Å²) in [5, 5.41) is 13.9. The number of carbonyl (C=O) groups excluding carboxylic acids is 1. The first-order valence-electron chi connectivity index (χ1n) is 9.05. The Kier molecular flexibility index (Phi) is 5.85. The third kappa shape index (κ3) is 4.33. The highest BCUT2D eigenvalue weighted by Gasteiger charge is 2.33. The average molecular weight is 392 g/mol. The first-order chi connectivity index (χ1) is 12.9. The van der Waals surface area contributed by atoms with Gasteiger partial charge < -0.3 is 5.32 Å². The Morgan fingerprint density at radius 3 is 2.70 bits per heavy atom. The van der Waals surface area contributed by atoms with Crippen molar-refractivity contribution in [1.29, 1.82) is 0 Å². The van der Waals surface area contributed by atoms with Crippen molar-refractivity contribution in [1.82, 2.24) is 29.8 Å². The number of tetrazole rings is 1. The molecule has 1 N–H and O–H groups in total. The zero-order valence-corrected chi connectivity index (χ0v) is 16.3. The van der Waals surface area contributed by atoms with Crippen LogP contribution < -0.4 is 5.32 Å². The van der Waals surface area contributed by atoms with Gasteiger partial charge in [-0.25, -0.2) is 13.1 Å². The Morgan fingerprint density at radius 2 is 2.07 bits per heavy atom. The Bertz CT molecular complexity index is 867. The van der Waals surface area contributed by atoms with Gasteiger partial charge in [-0.15, -0.1) is 5.10 Å². The largest absolute Gasteiger partial charge is 0.353 e. The fourth-order valence-electron chi connectivity index (χ4n) is 3.04. The molecule has 1 saturated heterocycles. The van der Waals surface area contributed by atoms with E-state index in [1.165, 1.54) is 27.4 Å². The second-order valence-electron chi connectivity index (χ2n) is 6.77. The van der Waals surface area contributed by atoms with Crippen molar-refractivity contribution in [2.24, 2.45) is 5.92 Å². The summed E-state index contributed by atoms with van der Waals surface area (Å²) in [7, 11) is -3.66. The van der Waals surface area contributed by atoms with Crippen LogP contribution in [0.3, 0.4) is 0 Å². The number of sulfonamides is 1. The molecule has 0 spiro atoms. The third-order valence-electron chi connectivity index (χ3n) is 4.84. The number of rotatable bonds is 6. The quantitative estimate of drug-likeness (QED) is 0.785. The number of benzene rings is 1. The number of nitrogens with zero attached hydrogens (tertiary/aromatic N) is 5. The highest BCUT2D eigenvalue weighted by Crippen LogP contribution is 2.24. The maximum Gasteiger partial charge on any atom is 0.243 e. The van der Waals surface area contributed by atoms with Crippen molar-refractivity contribution >= 4 is 15.9 Å². The van der Waals surface area contributed by atoms with Gasteiger partial charge in [0.1, 0.15) is 6.33 Å². The smallest absolute Gasteiger partial charge is 0.243 e. The first kappa shape index (κ1) is 19.4. The SMILES string of the molecule is CC[C@@H](C)NC(=O)[C@@H]1CCCN(S(=O)(=O)c2ccc(-n3cnnn3)cc2)C1. The minimum Gasteiger partial charge on any atom is -0.353 e. The topological polar surface area (TPSA) is 110 Å². The Hall–Kier alpha value is -2.33. The normalized spacial score (nSPS) is 19.6. The Morgan fingerprint density at radius 1 is 1.33 bits per heavy atom. The molecule has 1 aliphatic rings. The van der Waals surface area contributed by atoms with Gasteiger partial charge >= 0.3 is 0 Å². The number of piperidine rings is 1. The molecule has 0 unspecified atom stereocenters. The predicted octanol–water partition coefficient (Wildman–Crippen LogP) is 0.978. The van der Waals surface area contributed by atoms with Gasteiger partial charge in [0, 0.05) is 19.1 Å². The monoisotopic (exact) mass is 392 g/mol. The zero-order valence-electron chi connectivity index (χ0n) is 15.4. The average Bonchev–Trinajstić information content (AvgIpc) is 3.23. The van der Waals surface area contributed by atoms with Crippen LogP contribution in [0, 0.1) is 5.92 Å². The van der Waals surface area contributed by atoms with Crippen LogP contribution in [0.5, 0.6) is 0 Å². The van der Waals surface area contributed by atoms with Crippen molar-refractivity contribution in [3.05, 3.63) is 30.6 Å². The van der Waals surface area contributed by atoms with Crippen LogP contribution >= 0.6 is 0 Å². The summed E-state index contributed by atoms with van der Waals surface area (Å²) >= 11 is 0. The number of aromatic nitrogens is 4. The zero-order chi connectivity index (χ0) is 19.4. The summed E-state index contributed by atoms with van der Waals surface area (Å²) in [5.41, 5.74) is 0.670. The Labute approximate surface area is 158 Å². The minimum atomic E-state index is -3.66. The van der Waals surface area contributed by atoms with Gasteiger partial charge in [0.15, 0.2) is 0 Å². The summed E-state index contributed by atoms with van der Waals surface area (Å²) in [4.78, 5) is 12.6. The van der Waals surface area contributed by atoms with Crippen LogP contribution in [-0.4, -0.2) is 58.0 Å². The summed E-state index contributed by atoms with van der Waals surface area (Å²) in [6, 6.07) is 6.47. The molecule has 9 nitrogen and oxygen atoms in total. The van der Waals surface area contributed by atoms with E-state index in [2.05, 4.69) is 20.8 Å². The van der Waals surface area contributed by atoms with Crippen LogP contribution in [0.4, 0.5) is 0 Å². The van der Waals surface area contributed by atoms with Crippen LogP contribution in [0.1, 0.15) is 33.1 Å². The molecule has 1 aromatic heterocycles. The standard InChI is InChI=1S/C17H24N6O3S/c1-3-13(2)19-17(24)14-5-4-10-22(11-14)27(25,26)16-8-6-15(7-9-16)23-12-18-20-21-23/h6-9,12-14H,3-5,10-11H2,1-2H3,(H,19,24)/t13-,14-/m1/s1. The highest BCUT2D eigenvalue weighted by atomic mass is 32.2. The van der Waals surface area contributed by atoms with Crippen molar-refractivity contribution in [3.8, 4) is 5.69 Å². The molecule has 3 rings (SSSR count).